The fourth-order valence-corrected chi connectivity index (χ4v) is 3.85. The Kier molecular flexibility index (Phi) is 6.37. The number of benzene rings is 1. The zero-order chi connectivity index (χ0) is 20.1. The van der Waals surface area contributed by atoms with Gasteiger partial charge in [-0.15, -0.1) is 6.58 Å². The summed E-state index contributed by atoms with van der Waals surface area (Å²) >= 11 is 6.63. The van der Waals surface area contributed by atoms with Crippen LogP contribution in [0.1, 0.15) is 18.2 Å². The number of thiazole rings is 1. The number of allylic oxidation sites excluding steroid dienone is 1. The molecule has 2 aromatic heterocycles. The smallest absolute Gasteiger partial charge is 0.230 e. The zero-order valence-electron chi connectivity index (χ0n) is 15.7. The summed E-state index contributed by atoms with van der Waals surface area (Å²) in [5.74, 6) is 1.35. The number of hydrogen-bond donors (Lipinski definition) is 2. The minimum atomic E-state index is -0.130. The normalized spacial score (nSPS) is 10.6. The first-order valence-electron chi connectivity index (χ1n) is 8.77. The maximum Gasteiger partial charge on any atom is 0.230 e. The molecule has 0 aliphatic carbocycles. The topological polar surface area (TPSA) is 84.8 Å². The van der Waals surface area contributed by atoms with Crippen molar-refractivity contribution in [2.24, 2.45) is 0 Å². The molecule has 146 valence electrons. The zero-order valence-corrected chi connectivity index (χ0v) is 17.3. The Hall–Kier alpha value is -2.78. The lowest BCUT2D eigenvalue weighted by Crippen LogP contribution is -2.14. The second-order valence-electron chi connectivity index (χ2n) is 5.99. The average Bonchev–Trinajstić information content (AvgIpc) is 3.20. The van der Waals surface area contributed by atoms with Crippen LogP contribution in [0, 0.1) is 11.7 Å². The average molecular weight is 416 g/mol. The van der Waals surface area contributed by atoms with E-state index < -0.39 is 0 Å². The molecule has 3 aromatic rings. The lowest BCUT2D eigenvalue weighted by atomic mass is 10.1. The minimum Gasteiger partial charge on any atom is -0.494 e. The predicted molar refractivity (Wildman–Crippen MR) is 113 cm³/mol. The number of rotatable bonds is 8. The van der Waals surface area contributed by atoms with Crippen LogP contribution in [0.25, 0.3) is 10.7 Å². The van der Waals surface area contributed by atoms with Crippen LogP contribution in [0.2, 0.25) is 0 Å². The van der Waals surface area contributed by atoms with Crippen molar-refractivity contribution in [1.29, 1.82) is 0 Å². The van der Waals surface area contributed by atoms with Gasteiger partial charge in [0, 0.05) is 6.54 Å². The second-order valence-corrected chi connectivity index (χ2v) is 7.37. The van der Waals surface area contributed by atoms with Gasteiger partial charge in [-0.1, -0.05) is 29.5 Å². The number of H-pyrrole nitrogens is 1. The number of aromatic amines is 1. The van der Waals surface area contributed by atoms with Gasteiger partial charge in [-0.3, -0.25) is 14.5 Å². The Morgan fingerprint density at radius 2 is 2.18 bits per heavy atom. The minimum absolute atomic E-state index is 0.130. The number of aryl methyl sites for hydroxylation is 1. The highest BCUT2D eigenvalue weighted by atomic mass is 32.1. The van der Waals surface area contributed by atoms with E-state index in [1.54, 1.807) is 6.08 Å². The molecule has 0 bridgehead atoms. The van der Waals surface area contributed by atoms with Crippen LogP contribution in [0.15, 0.2) is 36.9 Å². The van der Waals surface area contributed by atoms with Crippen molar-refractivity contribution >= 4 is 34.6 Å². The molecule has 9 heteroatoms. The number of carbonyl (C=O) groups excluding carboxylic acids is 1. The van der Waals surface area contributed by atoms with Gasteiger partial charge in [0.15, 0.2) is 15.7 Å². The lowest BCUT2D eigenvalue weighted by molar-refractivity contribution is -0.115. The molecule has 0 saturated carbocycles. The monoisotopic (exact) mass is 415 g/mol. The van der Waals surface area contributed by atoms with Crippen LogP contribution in [0.3, 0.4) is 0 Å². The van der Waals surface area contributed by atoms with Crippen molar-refractivity contribution in [3.63, 3.8) is 0 Å². The molecule has 28 heavy (non-hydrogen) atoms. The molecular weight excluding hydrogens is 394 g/mol. The Morgan fingerprint density at radius 1 is 1.43 bits per heavy atom. The number of nitrogens with zero attached hydrogens (tertiary/aromatic N) is 3. The van der Waals surface area contributed by atoms with E-state index in [1.807, 2.05) is 42.7 Å². The molecule has 1 amide bonds. The molecule has 0 spiro atoms. The molecule has 0 saturated heterocycles. The Balaban J connectivity index is 1.72. The molecule has 0 unspecified atom stereocenters. The van der Waals surface area contributed by atoms with Crippen molar-refractivity contribution in [3.05, 3.63) is 52.9 Å². The van der Waals surface area contributed by atoms with Crippen molar-refractivity contribution in [2.75, 3.05) is 11.9 Å². The van der Waals surface area contributed by atoms with Gasteiger partial charge < -0.3 is 10.1 Å². The number of nitrogens with one attached hydrogen (secondary N) is 2. The van der Waals surface area contributed by atoms with Crippen molar-refractivity contribution in [2.45, 2.75) is 26.8 Å². The van der Waals surface area contributed by atoms with Gasteiger partial charge in [0.1, 0.15) is 5.75 Å². The fourth-order valence-electron chi connectivity index (χ4n) is 2.67. The van der Waals surface area contributed by atoms with Crippen molar-refractivity contribution in [3.8, 4) is 16.5 Å². The molecule has 7 nitrogen and oxygen atoms in total. The third-order valence-electron chi connectivity index (χ3n) is 3.92. The van der Waals surface area contributed by atoms with E-state index in [2.05, 4.69) is 27.1 Å². The van der Waals surface area contributed by atoms with E-state index in [0.717, 1.165) is 21.9 Å². The summed E-state index contributed by atoms with van der Waals surface area (Å²) in [6, 6.07) is 7.49. The number of carbonyl (C=O) groups is 1. The van der Waals surface area contributed by atoms with Crippen LogP contribution in [-0.4, -0.2) is 32.3 Å². The van der Waals surface area contributed by atoms with Gasteiger partial charge in [-0.05, 0) is 43.8 Å². The maximum atomic E-state index is 12.4. The summed E-state index contributed by atoms with van der Waals surface area (Å²) in [7, 11) is 0. The summed E-state index contributed by atoms with van der Waals surface area (Å²) < 4.78 is 7.77. The van der Waals surface area contributed by atoms with Gasteiger partial charge in [0.2, 0.25) is 5.91 Å². The first-order valence-corrected chi connectivity index (χ1v) is 9.99. The number of amides is 1. The molecule has 2 N–H and O–H groups in total. The predicted octanol–water partition coefficient (Wildman–Crippen LogP) is 4.14. The molecule has 0 radical (unpaired) electrons. The van der Waals surface area contributed by atoms with Gasteiger partial charge >= 0.3 is 0 Å². The highest BCUT2D eigenvalue weighted by Gasteiger charge is 2.17. The third kappa shape index (κ3) is 4.55. The standard InChI is InChI=1S/C19H21N5O2S2/c1-4-10-24-17(22-23-19(24)27)16-12(3)20-18(28-16)21-15(25)11-13-6-8-14(9-7-13)26-5-2/h4,6-9H,1,5,10-11H2,2-3H3,(H,23,27)(H,20,21,25). The van der Waals surface area contributed by atoms with Crippen molar-refractivity contribution in [1.82, 2.24) is 19.7 Å². The van der Waals surface area contributed by atoms with Crippen molar-refractivity contribution < 1.29 is 9.53 Å². The molecular formula is C19H21N5O2S2. The number of hydrogen-bond acceptors (Lipinski definition) is 6. The number of ether oxygens (including phenoxy) is 1. The first kappa shape index (κ1) is 20.0. The van der Waals surface area contributed by atoms with E-state index >= 15 is 0 Å². The molecule has 0 fully saturated rings. The Labute approximate surface area is 172 Å². The van der Waals surface area contributed by atoms with E-state index in [0.29, 0.717) is 28.9 Å². The fraction of sp³-hybridized carbons (Fsp3) is 0.263. The van der Waals surface area contributed by atoms with Crippen LogP contribution >= 0.6 is 23.6 Å². The van der Waals surface area contributed by atoms with Crippen LogP contribution in [0.4, 0.5) is 5.13 Å². The van der Waals surface area contributed by atoms with Crippen LogP contribution < -0.4 is 10.1 Å². The third-order valence-corrected chi connectivity index (χ3v) is 5.30. The molecule has 1 aromatic carbocycles. The SMILES string of the molecule is C=CCn1c(-c2sc(NC(=O)Cc3ccc(OCC)cc3)nc2C)n[nH]c1=S. The second kappa shape index (κ2) is 8.94. The molecule has 0 aliphatic rings. The molecule has 2 heterocycles. The van der Waals surface area contributed by atoms with E-state index in [9.17, 15) is 4.79 Å². The highest BCUT2D eigenvalue weighted by molar-refractivity contribution is 7.71. The highest BCUT2D eigenvalue weighted by Crippen LogP contribution is 2.31. The van der Waals surface area contributed by atoms with Crippen LogP contribution in [-0.2, 0) is 17.8 Å². The first-order chi connectivity index (χ1) is 13.5. The summed E-state index contributed by atoms with van der Waals surface area (Å²) in [5.41, 5.74) is 1.68. The van der Waals surface area contributed by atoms with Gasteiger partial charge in [-0.25, -0.2) is 4.98 Å². The lowest BCUT2D eigenvalue weighted by Gasteiger charge is -2.05. The van der Waals surface area contributed by atoms with Gasteiger partial charge in [0.05, 0.1) is 23.6 Å². The largest absolute Gasteiger partial charge is 0.494 e. The Bertz CT molecular complexity index is 1030. The maximum absolute atomic E-state index is 12.4. The number of anilines is 1. The molecule has 0 atom stereocenters. The number of aromatic nitrogens is 4. The summed E-state index contributed by atoms with van der Waals surface area (Å²) in [5, 5.41) is 10.5. The van der Waals surface area contributed by atoms with Crippen LogP contribution in [0.5, 0.6) is 5.75 Å². The van der Waals surface area contributed by atoms with E-state index in [1.165, 1.54) is 11.3 Å². The quantitative estimate of drug-likeness (QED) is 0.427. The molecule has 0 aliphatic heterocycles. The van der Waals surface area contributed by atoms with Gasteiger partial charge in [-0.2, -0.15) is 5.10 Å². The summed E-state index contributed by atoms with van der Waals surface area (Å²) in [6.07, 6.45) is 2.01. The van der Waals surface area contributed by atoms with E-state index in [4.69, 9.17) is 17.0 Å². The van der Waals surface area contributed by atoms with E-state index in [-0.39, 0.29) is 12.3 Å². The molecule has 3 rings (SSSR count). The summed E-state index contributed by atoms with van der Waals surface area (Å²) in [4.78, 5) is 17.7. The Morgan fingerprint density at radius 3 is 2.86 bits per heavy atom. The van der Waals surface area contributed by atoms with Gasteiger partial charge in [0.25, 0.3) is 0 Å². The summed E-state index contributed by atoms with van der Waals surface area (Å²) in [6.45, 7) is 8.72.